The van der Waals surface area contributed by atoms with Gasteiger partial charge in [0.05, 0.1) is 13.7 Å². The molecule has 6 atom stereocenters. The van der Waals surface area contributed by atoms with Gasteiger partial charge in [-0.05, 0) is 49.8 Å². The largest absolute Gasteiger partial charge is 0.504 e. The van der Waals surface area contributed by atoms with E-state index in [9.17, 15) is 30.0 Å². The first-order valence-electron chi connectivity index (χ1n) is 11.7. The molecule has 4 N–H and O–H groups in total. The summed E-state index contributed by atoms with van der Waals surface area (Å²) in [6, 6.07) is 4.56. The molecule has 2 aliphatic heterocycles. The standard InChI is InChI=1S/C26H32O11/c1-14(2)10-17-12-16(25(32)36-17)8-9-34-26-24(31)23(30)22(29)20(37-26)13-35-21(28)7-5-15-4-6-19(33-3)18(27)11-15/h4-8,10-11,17,20,22-24,26-27,29-31H,9,12-13H2,1-3H3/t17-,20-,22-,23+,24-,26-/m0/s1. The first-order valence-corrected chi connectivity index (χ1v) is 11.7. The molecular weight excluding hydrogens is 488 g/mol. The average Bonchev–Trinajstić information content (AvgIpc) is 3.19. The number of rotatable bonds is 9. The minimum atomic E-state index is -1.62. The number of hydrogen-bond acceptors (Lipinski definition) is 11. The van der Waals surface area contributed by atoms with E-state index >= 15 is 0 Å². The highest BCUT2D eigenvalue weighted by Gasteiger charge is 2.44. The van der Waals surface area contributed by atoms with Gasteiger partial charge in [0, 0.05) is 18.1 Å². The third-order valence-corrected chi connectivity index (χ3v) is 5.72. The molecule has 0 unspecified atom stereocenters. The number of carbonyl (C=O) groups is 2. The molecule has 0 saturated carbocycles. The third kappa shape index (κ3) is 7.63. The lowest BCUT2D eigenvalue weighted by molar-refractivity contribution is -0.299. The van der Waals surface area contributed by atoms with Crippen molar-refractivity contribution in [1.29, 1.82) is 0 Å². The van der Waals surface area contributed by atoms with Gasteiger partial charge in [-0.1, -0.05) is 11.6 Å². The fourth-order valence-corrected chi connectivity index (χ4v) is 3.81. The van der Waals surface area contributed by atoms with Gasteiger partial charge in [-0.25, -0.2) is 9.59 Å². The van der Waals surface area contributed by atoms with Gasteiger partial charge >= 0.3 is 11.9 Å². The monoisotopic (exact) mass is 520 g/mol. The van der Waals surface area contributed by atoms with Gasteiger partial charge in [-0.15, -0.1) is 0 Å². The summed E-state index contributed by atoms with van der Waals surface area (Å²) in [5.74, 6) is -1.04. The van der Waals surface area contributed by atoms with Crippen molar-refractivity contribution in [3.63, 3.8) is 0 Å². The summed E-state index contributed by atoms with van der Waals surface area (Å²) in [6.45, 7) is 3.24. The van der Waals surface area contributed by atoms with Crippen LogP contribution in [0.3, 0.4) is 0 Å². The Bertz CT molecular complexity index is 1060. The number of methoxy groups -OCH3 is 1. The van der Waals surface area contributed by atoms with Gasteiger partial charge in [-0.3, -0.25) is 0 Å². The second-order valence-electron chi connectivity index (χ2n) is 8.86. The summed E-state index contributed by atoms with van der Waals surface area (Å²) >= 11 is 0. The smallest absolute Gasteiger partial charge is 0.334 e. The second kappa shape index (κ2) is 12.8. The van der Waals surface area contributed by atoms with Crippen molar-refractivity contribution in [2.75, 3.05) is 20.3 Å². The molecule has 2 fully saturated rings. The van der Waals surface area contributed by atoms with E-state index in [2.05, 4.69) is 0 Å². The lowest BCUT2D eigenvalue weighted by Gasteiger charge is -2.39. The molecule has 2 saturated heterocycles. The Labute approximate surface area is 214 Å². The molecule has 0 aromatic heterocycles. The first-order chi connectivity index (χ1) is 17.6. The van der Waals surface area contributed by atoms with E-state index in [4.69, 9.17) is 23.7 Å². The van der Waals surface area contributed by atoms with Gasteiger partial charge in [0.15, 0.2) is 17.8 Å². The number of esters is 2. The van der Waals surface area contributed by atoms with E-state index in [1.54, 1.807) is 6.07 Å². The molecule has 11 nitrogen and oxygen atoms in total. The number of phenolic OH excluding ortho intramolecular Hbond substituents is 1. The van der Waals surface area contributed by atoms with E-state index in [0.717, 1.165) is 11.6 Å². The number of hydrogen-bond donors (Lipinski definition) is 4. The molecule has 1 aromatic rings. The normalized spacial score (nSPS) is 28.8. The summed E-state index contributed by atoms with van der Waals surface area (Å²) in [4.78, 5) is 24.1. The van der Waals surface area contributed by atoms with Crippen LogP contribution < -0.4 is 4.74 Å². The fraction of sp³-hybridized carbons (Fsp3) is 0.462. The van der Waals surface area contributed by atoms with Crippen LogP contribution in [0.4, 0.5) is 0 Å². The van der Waals surface area contributed by atoms with E-state index in [0.29, 0.717) is 17.6 Å². The average molecular weight is 521 g/mol. The van der Waals surface area contributed by atoms with Crippen LogP contribution in [0.15, 0.2) is 47.6 Å². The second-order valence-corrected chi connectivity index (χ2v) is 8.86. The molecule has 0 bridgehead atoms. The number of phenols is 1. The zero-order chi connectivity index (χ0) is 27.1. The van der Waals surface area contributed by atoms with Gasteiger partial charge < -0.3 is 44.1 Å². The number of aliphatic hydroxyl groups is 3. The van der Waals surface area contributed by atoms with Gasteiger partial charge in [0.2, 0.25) is 0 Å². The van der Waals surface area contributed by atoms with E-state index in [-0.39, 0.29) is 24.2 Å². The fourth-order valence-electron chi connectivity index (χ4n) is 3.81. The minimum absolute atomic E-state index is 0.0940. The molecule has 11 heteroatoms. The molecule has 202 valence electrons. The number of allylic oxidation sites excluding steroid dienone is 1. The van der Waals surface area contributed by atoms with Crippen molar-refractivity contribution in [2.24, 2.45) is 0 Å². The topological polar surface area (TPSA) is 161 Å². The molecule has 3 rings (SSSR count). The summed E-state index contributed by atoms with van der Waals surface area (Å²) in [7, 11) is 1.42. The Balaban J connectivity index is 1.53. The molecule has 2 aliphatic rings. The van der Waals surface area contributed by atoms with E-state index in [1.807, 2.05) is 19.9 Å². The van der Waals surface area contributed by atoms with Gasteiger partial charge in [0.1, 0.15) is 37.1 Å². The van der Waals surface area contributed by atoms with Crippen molar-refractivity contribution in [1.82, 2.24) is 0 Å². The van der Waals surface area contributed by atoms with E-state index < -0.39 is 49.3 Å². The number of aliphatic hydroxyl groups excluding tert-OH is 3. The quantitative estimate of drug-likeness (QED) is 0.209. The summed E-state index contributed by atoms with van der Waals surface area (Å²) < 4.78 is 26.3. The Morgan fingerprint density at radius 3 is 2.59 bits per heavy atom. The lowest BCUT2D eigenvalue weighted by atomic mass is 9.99. The van der Waals surface area contributed by atoms with Crippen molar-refractivity contribution < 1.29 is 53.7 Å². The molecule has 0 radical (unpaired) electrons. The van der Waals surface area contributed by atoms with Crippen LogP contribution in [0.25, 0.3) is 6.08 Å². The molecule has 0 spiro atoms. The predicted octanol–water partition coefficient (Wildman–Crippen LogP) is 0.989. The molecular formula is C26H32O11. The zero-order valence-electron chi connectivity index (χ0n) is 20.8. The predicted molar refractivity (Wildman–Crippen MR) is 129 cm³/mol. The van der Waals surface area contributed by atoms with Crippen molar-refractivity contribution in [3.8, 4) is 11.5 Å². The maximum atomic E-state index is 12.1. The highest BCUT2D eigenvalue weighted by Crippen LogP contribution is 2.27. The number of ether oxygens (including phenoxy) is 5. The lowest BCUT2D eigenvalue weighted by Crippen LogP contribution is -2.59. The third-order valence-electron chi connectivity index (χ3n) is 5.72. The van der Waals surface area contributed by atoms with Crippen molar-refractivity contribution in [2.45, 2.75) is 57.1 Å². The van der Waals surface area contributed by atoms with Crippen LogP contribution in [-0.2, 0) is 28.5 Å². The summed E-state index contributed by atoms with van der Waals surface area (Å²) in [5, 5.41) is 40.5. The molecule has 0 aliphatic carbocycles. The Morgan fingerprint density at radius 1 is 1.16 bits per heavy atom. The SMILES string of the molecule is COc1ccc(C=CC(=O)OC[C@@H]2O[C@H](OCC=C3C[C@H](C=C(C)C)OC3=O)[C@@H](O)[C@H](O)[C@H]2O)cc1O. The first kappa shape index (κ1) is 28.4. The number of carbonyl (C=O) groups excluding carboxylic acids is 2. The van der Waals surface area contributed by atoms with Crippen LogP contribution >= 0.6 is 0 Å². The Kier molecular flexibility index (Phi) is 9.84. The number of aromatic hydroxyl groups is 1. The van der Waals surface area contributed by atoms with Crippen LogP contribution in [0.1, 0.15) is 25.8 Å². The number of benzene rings is 1. The van der Waals surface area contributed by atoms with Crippen LogP contribution in [0.2, 0.25) is 0 Å². The molecule has 1 aromatic carbocycles. The van der Waals surface area contributed by atoms with Crippen molar-refractivity contribution in [3.05, 3.63) is 53.1 Å². The molecule has 37 heavy (non-hydrogen) atoms. The zero-order valence-corrected chi connectivity index (χ0v) is 20.8. The van der Waals surface area contributed by atoms with Crippen molar-refractivity contribution >= 4 is 18.0 Å². The minimum Gasteiger partial charge on any atom is -0.504 e. The molecule has 0 amide bonds. The van der Waals surface area contributed by atoms with Crippen LogP contribution in [0, 0.1) is 0 Å². The maximum Gasteiger partial charge on any atom is 0.334 e. The molecule has 2 heterocycles. The summed E-state index contributed by atoms with van der Waals surface area (Å²) in [6.07, 6.45) is -1.36. The highest BCUT2D eigenvalue weighted by atomic mass is 16.7. The number of cyclic esters (lactones) is 1. The van der Waals surface area contributed by atoms with Crippen LogP contribution in [0.5, 0.6) is 11.5 Å². The van der Waals surface area contributed by atoms with E-state index in [1.165, 1.54) is 31.4 Å². The van der Waals surface area contributed by atoms with Gasteiger partial charge in [-0.2, -0.15) is 0 Å². The maximum absolute atomic E-state index is 12.1. The Morgan fingerprint density at radius 2 is 1.92 bits per heavy atom. The Hall–Kier alpha value is -3.22. The van der Waals surface area contributed by atoms with Gasteiger partial charge in [0.25, 0.3) is 0 Å². The summed E-state index contributed by atoms with van der Waals surface area (Å²) in [5.41, 5.74) is 1.95. The highest BCUT2D eigenvalue weighted by molar-refractivity contribution is 5.91. The van der Waals surface area contributed by atoms with Crippen LogP contribution in [-0.4, -0.2) is 89.5 Å².